The number of rotatable bonds is 3. The van der Waals surface area contributed by atoms with Crippen LogP contribution in [-0.4, -0.2) is 27.2 Å². The molecule has 0 saturated heterocycles. The molecule has 0 aliphatic carbocycles. The summed E-state index contributed by atoms with van der Waals surface area (Å²) in [5.41, 5.74) is 0. The molecule has 0 aliphatic heterocycles. The third-order valence-electron chi connectivity index (χ3n) is 0.738. The van der Waals surface area contributed by atoms with Crippen LogP contribution in [0.3, 0.4) is 0 Å². The molecule has 0 fully saturated rings. The monoisotopic (exact) mass is 178 g/mol. The first kappa shape index (κ1) is 10.2. The Morgan fingerprint density at radius 2 is 2.09 bits per heavy atom. The van der Waals surface area contributed by atoms with Gasteiger partial charge in [-0.25, -0.2) is 13.2 Å². The van der Waals surface area contributed by atoms with Crippen molar-refractivity contribution in [2.45, 2.75) is 6.92 Å². The fourth-order valence-corrected chi connectivity index (χ4v) is 0.728. The van der Waals surface area contributed by atoms with Crippen molar-refractivity contribution in [1.29, 1.82) is 0 Å². The van der Waals surface area contributed by atoms with Crippen LogP contribution in [-0.2, 0) is 19.4 Å². The predicted molar refractivity (Wildman–Crippen MR) is 40.6 cm³/mol. The molecule has 0 amide bonds. The van der Waals surface area contributed by atoms with Crippen LogP contribution < -0.4 is 0 Å². The lowest BCUT2D eigenvalue weighted by Crippen LogP contribution is -2.00. The van der Waals surface area contributed by atoms with Crippen LogP contribution in [0, 0.1) is 0 Å². The Bertz CT molecular complexity index is 250. The van der Waals surface area contributed by atoms with E-state index in [-0.39, 0.29) is 6.61 Å². The second-order valence-corrected chi connectivity index (χ2v) is 3.82. The van der Waals surface area contributed by atoms with Crippen molar-refractivity contribution in [3.05, 3.63) is 11.5 Å². The van der Waals surface area contributed by atoms with Crippen molar-refractivity contribution in [1.82, 2.24) is 0 Å². The number of esters is 1. The smallest absolute Gasteiger partial charge is 0.331 e. The van der Waals surface area contributed by atoms with Crippen LogP contribution in [0.25, 0.3) is 0 Å². The Morgan fingerprint density at radius 3 is 2.45 bits per heavy atom. The summed E-state index contributed by atoms with van der Waals surface area (Å²) >= 11 is 0. The summed E-state index contributed by atoms with van der Waals surface area (Å²) in [5.74, 6) is -0.641. The van der Waals surface area contributed by atoms with Gasteiger partial charge in [-0.1, -0.05) is 0 Å². The van der Waals surface area contributed by atoms with Gasteiger partial charge >= 0.3 is 5.97 Å². The van der Waals surface area contributed by atoms with Gasteiger partial charge in [0, 0.05) is 17.7 Å². The molecular formula is C6H10O4S. The fraction of sp³-hybridized carbons (Fsp3) is 0.500. The van der Waals surface area contributed by atoms with Gasteiger partial charge in [-0.15, -0.1) is 0 Å². The first-order chi connectivity index (χ1) is 4.95. The van der Waals surface area contributed by atoms with Crippen LogP contribution in [0.4, 0.5) is 0 Å². The Kier molecular flexibility index (Phi) is 3.81. The van der Waals surface area contributed by atoms with E-state index in [4.69, 9.17) is 0 Å². The second kappa shape index (κ2) is 4.12. The van der Waals surface area contributed by atoms with Gasteiger partial charge < -0.3 is 4.74 Å². The Hall–Kier alpha value is -0.840. The standard InChI is InChI=1S/C6H10O4S/c1-3-10-6(7)4-5-11(2,8)9/h4-5H,3H2,1-2H3. The molecule has 4 nitrogen and oxygen atoms in total. The number of carbonyl (C=O) groups is 1. The van der Waals surface area contributed by atoms with Crippen LogP contribution in [0.1, 0.15) is 6.92 Å². The number of ether oxygens (including phenoxy) is 1. The minimum Gasteiger partial charge on any atom is -0.463 e. The second-order valence-electron chi connectivity index (χ2n) is 1.88. The van der Waals surface area contributed by atoms with Gasteiger partial charge in [-0.05, 0) is 6.92 Å². The normalized spacial score (nSPS) is 11.8. The highest BCUT2D eigenvalue weighted by molar-refractivity contribution is 7.93. The minimum absolute atomic E-state index is 0.243. The molecule has 11 heavy (non-hydrogen) atoms. The van der Waals surface area contributed by atoms with Crippen LogP contribution in [0.5, 0.6) is 0 Å². The highest BCUT2D eigenvalue weighted by Crippen LogP contribution is 1.87. The van der Waals surface area contributed by atoms with Crippen LogP contribution in [0.15, 0.2) is 11.5 Å². The molecule has 0 heterocycles. The summed E-state index contributed by atoms with van der Waals surface area (Å²) in [7, 11) is -3.22. The zero-order valence-electron chi connectivity index (χ0n) is 6.40. The maximum Gasteiger partial charge on any atom is 0.331 e. The van der Waals surface area contributed by atoms with Crippen molar-refractivity contribution < 1.29 is 17.9 Å². The third-order valence-corrected chi connectivity index (χ3v) is 1.37. The summed E-state index contributed by atoms with van der Waals surface area (Å²) in [6, 6.07) is 0. The highest BCUT2D eigenvalue weighted by atomic mass is 32.2. The molecule has 0 saturated carbocycles. The van der Waals surface area contributed by atoms with E-state index in [0.717, 1.165) is 17.7 Å². The molecule has 0 atom stereocenters. The molecule has 0 unspecified atom stereocenters. The van der Waals surface area contributed by atoms with E-state index in [1.807, 2.05) is 0 Å². The first-order valence-electron chi connectivity index (χ1n) is 3.00. The van der Waals surface area contributed by atoms with Crippen molar-refractivity contribution in [2.24, 2.45) is 0 Å². The van der Waals surface area contributed by atoms with Crippen molar-refractivity contribution >= 4 is 15.8 Å². The summed E-state index contributed by atoms with van der Waals surface area (Å²) in [4.78, 5) is 10.5. The van der Waals surface area contributed by atoms with E-state index >= 15 is 0 Å². The van der Waals surface area contributed by atoms with Gasteiger partial charge in [0.05, 0.1) is 6.61 Å². The van der Waals surface area contributed by atoms with E-state index in [2.05, 4.69) is 4.74 Å². The zero-order valence-corrected chi connectivity index (χ0v) is 7.22. The van der Waals surface area contributed by atoms with E-state index < -0.39 is 15.8 Å². The maximum absolute atomic E-state index is 10.5. The van der Waals surface area contributed by atoms with Crippen LogP contribution >= 0.6 is 0 Å². The number of hydrogen-bond acceptors (Lipinski definition) is 4. The Balaban J connectivity index is 4.05. The van der Waals surface area contributed by atoms with Crippen molar-refractivity contribution in [3.63, 3.8) is 0 Å². The molecule has 0 aromatic carbocycles. The summed E-state index contributed by atoms with van der Waals surface area (Å²) in [6.07, 6.45) is 1.89. The molecule has 64 valence electrons. The van der Waals surface area contributed by atoms with Crippen LogP contribution in [0.2, 0.25) is 0 Å². The van der Waals surface area contributed by atoms with Gasteiger partial charge in [0.2, 0.25) is 0 Å². The zero-order chi connectivity index (χ0) is 8.91. The SMILES string of the molecule is CCOC(=O)C=CS(C)(=O)=O. The van der Waals surface area contributed by atoms with Crippen molar-refractivity contribution in [2.75, 3.05) is 12.9 Å². The number of sulfone groups is 1. The number of hydrogen-bond donors (Lipinski definition) is 0. The summed E-state index contributed by atoms with van der Waals surface area (Å²) < 4.78 is 25.3. The quantitative estimate of drug-likeness (QED) is 0.454. The molecule has 0 aliphatic rings. The molecule has 0 radical (unpaired) electrons. The lowest BCUT2D eigenvalue weighted by Gasteiger charge is -1.92. The predicted octanol–water partition coefficient (Wildman–Crippen LogP) is 0.108. The van der Waals surface area contributed by atoms with Gasteiger partial charge in [0.1, 0.15) is 0 Å². The highest BCUT2D eigenvalue weighted by Gasteiger charge is 1.97. The fourth-order valence-electron chi connectivity index (χ4n) is 0.370. The van der Waals surface area contributed by atoms with Gasteiger partial charge in [0.15, 0.2) is 9.84 Å². The molecule has 5 heteroatoms. The maximum atomic E-state index is 10.5. The van der Waals surface area contributed by atoms with Gasteiger partial charge in [-0.2, -0.15) is 0 Å². The molecule has 0 N–H and O–H groups in total. The van der Waals surface area contributed by atoms with Gasteiger partial charge in [-0.3, -0.25) is 0 Å². The van der Waals surface area contributed by atoms with E-state index in [0.29, 0.717) is 0 Å². The molecule has 0 bridgehead atoms. The first-order valence-corrected chi connectivity index (χ1v) is 4.96. The Morgan fingerprint density at radius 1 is 1.55 bits per heavy atom. The van der Waals surface area contributed by atoms with Crippen molar-refractivity contribution in [3.8, 4) is 0 Å². The molecule has 0 rings (SSSR count). The van der Waals surface area contributed by atoms with E-state index in [1.54, 1.807) is 6.92 Å². The lowest BCUT2D eigenvalue weighted by molar-refractivity contribution is -0.137. The van der Waals surface area contributed by atoms with Gasteiger partial charge in [0.25, 0.3) is 0 Å². The molecule has 0 aromatic rings. The average Bonchev–Trinajstić information content (AvgIpc) is 1.83. The average molecular weight is 178 g/mol. The largest absolute Gasteiger partial charge is 0.463 e. The molecule has 0 aromatic heterocycles. The lowest BCUT2D eigenvalue weighted by atomic mass is 10.6. The Labute approximate surface area is 65.8 Å². The third kappa shape index (κ3) is 7.05. The summed E-state index contributed by atoms with van der Waals surface area (Å²) in [6.45, 7) is 1.89. The summed E-state index contributed by atoms with van der Waals surface area (Å²) in [5, 5.41) is 0.811. The van der Waals surface area contributed by atoms with E-state index in [1.165, 1.54) is 0 Å². The topological polar surface area (TPSA) is 60.4 Å². The molecule has 0 spiro atoms. The number of carbonyl (C=O) groups excluding carboxylic acids is 1. The minimum atomic E-state index is -3.22. The molecular weight excluding hydrogens is 168 g/mol. The van der Waals surface area contributed by atoms with E-state index in [9.17, 15) is 13.2 Å².